The Morgan fingerprint density at radius 2 is 1.31 bits per heavy atom. The number of nitriles is 1. The van der Waals surface area contributed by atoms with Crippen molar-refractivity contribution in [2.24, 2.45) is 11.8 Å². The molecule has 1 saturated carbocycles. The summed E-state index contributed by atoms with van der Waals surface area (Å²) in [6, 6.07) is 18.2. The molecule has 2 nitrogen and oxygen atoms in total. The van der Waals surface area contributed by atoms with Gasteiger partial charge in [0.15, 0.2) is 0 Å². The summed E-state index contributed by atoms with van der Waals surface area (Å²) < 4.78 is 6.05. The van der Waals surface area contributed by atoms with Crippen LogP contribution in [0, 0.1) is 23.2 Å². The first kappa shape index (κ1) is 24.4. The van der Waals surface area contributed by atoms with Crippen molar-refractivity contribution in [2.75, 3.05) is 6.61 Å². The highest BCUT2D eigenvalue weighted by Gasteiger charge is 2.24. The molecular weight excluding hydrogens is 390 g/mol. The molecule has 0 radical (unpaired) electrons. The molecule has 2 unspecified atom stereocenters. The quantitative estimate of drug-likeness (QED) is 0.296. The molecule has 1 aliphatic carbocycles. The fraction of sp³-hybridized carbons (Fsp3) is 0.567. The van der Waals surface area contributed by atoms with Crippen molar-refractivity contribution in [1.29, 1.82) is 5.26 Å². The van der Waals surface area contributed by atoms with Gasteiger partial charge in [0.1, 0.15) is 5.75 Å². The fourth-order valence-electron chi connectivity index (χ4n) is 5.25. The Morgan fingerprint density at radius 1 is 0.750 bits per heavy atom. The third-order valence-corrected chi connectivity index (χ3v) is 7.18. The Labute approximate surface area is 196 Å². The predicted octanol–water partition coefficient (Wildman–Crippen LogP) is 8.94. The van der Waals surface area contributed by atoms with Gasteiger partial charge in [-0.3, -0.25) is 0 Å². The van der Waals surface area contributed by atoms with Crippen molar-refractivity contribution in [1.82, 2.24) is 0 Å². The van der Waals surface area contributed by atoms with Gasteiger partial charge in [0.2, 0.25) is 0 Å². The summed E-state index contributed by atoms with van der Waals surface area (Å²) in [5.41, 5.74) is 2.98. The van der Waals surface area contributed by atoms with Crippen LogP contribution in [0.25, 0.3) is 11.1 Å². The smallest absolute Gasteiger partial charge is 0.119 e. The Bertz CT molecular complexity index is 802. The SMILES string of the molecule is CCCCCCCCC1CCCCC1CCCOc1ccc(-c2ccc(C#N)cc2)cc1. The average molecular weight is 432 g/mol. The topological polar surface area (TPSA) is 33.0 Å². The van der Waals surface area contributed by atoms with Gasteiger partial charge in [-0.25, -0.2) is 0 Å². The summed E-state index contributed by atoms with van der Waals surface area (Å²) in [7, 11) is 0. The molecular formula is C30H41NO. The molecule has 2 heteroatoms. The first-order valence-corrected chi connectivity index (χ1v) is 13.0. The molecule has 0 saturated heterocycles. The van der Waals surface area contributed by atoms with Crippen LogP contribution in [-0.4, -0.2) is 6.61 Å². The van der Waals surface area contributed by atoms with Crippen molar-refractivity contribution in [2.45, 2.75) is 90.4 Å². The highest BCUT2D eigenvalue weighted by atomic mass is 16.5. The van der Waals surface area contributed by atoms with E-state index in [4.69, 9.17) is 10.00 Å². The molecule has 2 aromatic carbocycles. The van der Waals surface area contributed by atoms with Gasteiger partial charge in [0.05, 0.1) is 18.2 Å². The minimum absolute atomic E-state index is 0.695. The maximum absolute atomic E-state index is 8.94. The van der Waals surface area contributed by atoms with Crippen molar-refractivity contribution < 1.29 is 4.74 Å². The predicted molar refractivity (Wildman–Crippen MR) is 135 cm³/mol. The Kier molecular flexibility index (Phi) is 10.7. The molecule has 1 fully saturated rings. The fourth-order valence-corrected chi connectivity index (χ4v) is 5.25. The van der Waals surface area contributed by atoms with Gasteiger partial charge >= 0.3 is 0 Å². The van der Waals surface area contributed by atoms with Gasteiger partial charge in [-0.2, -0.15) is 5.26 Å². The van der Waals surface area contributed by atoms with E-state index in [1.165, 1.54) is 77.0 Å². The van der Waals surface area contributed by atoms with E-state index >= 15 is 0 Å². The molecule has 0 heterocycles. The first-order chi connectivity index (χ1) is 15.8. The van der Waals surface area contributed by atoms with E-state index in [0.29, 0.717) is 5.56 Å². The second kappa shape index (κ2) is 14.0. The zero-order valence-electron chi connectivity index (χ0n) is 20.0. The Morgan fingerprint density at radius 3 is 1.94 bits per heavy atom. The van der Waals surface area contributed by atoms with E-state index in [2.05, 4.69) is 37.3 Å². The molecule has 2 atom stereocenters. The zero-order chi connectivity index (χ0) is 22.4. The van der Waals surface area contributed by atoms with Gasteiger partial charge < -0.3 is 4.74 Å². The minimum atomic E-state index is 0.695. The van der Waals surface area contributed by atoms with Crippen LogP contribution in [0.2, 0.25) is 0 Å². The molecule has 32 heavy (non-hydrogen) atoms. The maximum atomic E-state index is 8.94. The molecule has 2 aromatic rings. The lowest BCUT2D eigenvalue weighted by Gasteiger charge is -2.32. The van der Waals surface area contributed by atoms with Gasteiger partial charge in [-0.05, 0) is 60.1 Å². The minimum Gasteiger partial charge on any atom is -0.494 e. The number of ether oxygens (including phenoxy) is 1. The van der Waals surface area contributed by atoms with Crippen LogP contribution < -0.4 is 4.74 Å². The number of hydrogen-bond acceptors (Lipinski definition) is 2. The largest absolute Gasteiger partial charge is 0.494 e. The second-order valence-electron chi connectivity index (χ2n) is 9.57. The molecule has 0 aromatic heterocycles. The summed E-state index contributed by atoms with van der Waals surface area (Å²) in [6.07, 6.45) is 18.2. The normalized spacial score (nSPS) is 18.2. The van der Waals surface area contributed by atoms with Crippen LogP contribution in [0.15, 0.2) is 48.5 Å². The summed E-state index contributed by atoms with van der Waals surface area (Å²) in [4.78, 5) is 0. The van der Waals surface area contributed by atoms with E-state index in [1.54, 1.807) is 0 Å². The van der Waals surface area contributed by atoms with Crippen molar-refractivity contribution >= 4 is 0 Å². The lowest BCUT2D eigenvalue weighted by atomic mass is 9.74. The van der Waals surface area contributed by atoms with Crippen LogP contribution in [0.3, 0.4) is 0 Å². The molecule has 0 spiro atoms. The molecule has 0 aliphatic heterocycles. The van der Waals surface area contributed by atoms with Crippen molar-refractivity contribution in [3.05, 3.63) is 54.1 Å². The standard InChI is InChI=1S/C30H41NO/c1-2-3-4-5-6-7-11-26-12-8-9-13-27(26)14-10-23-32-30-21-19-29(20-22-30)28-17-15-25(24-31)16-18-28/h15-22,26-27H,2-14,23H2,1H3. The highest BCUT2D eigenvalue weighted by Crippen LogP contribution is 2.36. The number of unbranched alkanes of at least 4 members (excludes halogenated alkanes) is 5. The summed E-state index contributed by atoms with van der Waals surface area (Å²) in [5.74, 6) is 2.83. The Balaban J connectivity index is 1.36. The molecule has 1 aliphatic rings. The van der Waals surface area contributed by atoms with Gasteiger partial charge in [-0.15, -0.1) is 0 Å². The van der Waals surface area contributed by atoms with Crippen LogP contribution in [-0.2, 0) is 0 Å². The Hall–Kier alpha value is -2.27. The van der Waals surface area contributed by atoms with Crippen LogP contribution in [0.4, 0.5) is 0 Å². The van der Waals surface area contributed by atoms with Crippen LogP contribution in [0.5, 0.6) is 5.75 Å². The van der Waals surface area contributed by atoms with E-state index in [-0.39, 0.29) is 0 Å². The number of hydrogen-bond donors (Lipinski definition) is 0. The summed E-state index contributed by atoms with van der Waals surface area (Å²) in [6.45, 7) is 3.11. The third kappa shape index (κ3) is 8.01. The first-order valence-electron chi connectivity index (χ1n) is 13.0. The second-order valence-corrected chi connectivity index (χ2v) is 9.57. The van der Waals surface area contributed by atoms with Crippen molar-refractivity contribution in [3.8, 4) is 22.9 Å². The van der Waals surface area contributed by atoms with Crippen LogP contribution in [0.1, 0.15) is 96.0 Å². The van der Waals surface area contributed by atoms with Gasteiger partial charge in [-0.1, -0.05) is 102 Å². The monoisotopic (exact) mass is 431 g/mol. The molecule has 0 N–H and O–H groups in total. The number of nitrogens with zero attached hydrogens (tertiary/aromatic N) is 1. The van der Waals surface area contributed by atoms with Gasteiger partial charge in [0, 0.05) is 0 Å². The number of rotatable bonds is 13. The van der Waals surface area contributed by atoms with E-state index in [1.807, 2.05) is 24.3 Å². The molecule has 0 amide bonds. The molecule has 0 bridgehead atoms. The van der Waals surface area contributed by atoms with E-state index in [9.17, 15) is 0 Å². The average Bonchev–Trinajstić information content (AvgIpc) is 2.85. The molecule has 172 valence electrons. The van der Waals surface area contributed by atoms with E-state index in [0.717, 1.165) is 41.7 Å². The zero-order valence-corrected chi connectivity index (χ0v) is 20.0. The van der Waals surface area contributed by atoms with Crippen LogP contribution >= 0.6 is 0 Å². The third-order valence-electron chi connectivity index (χ3n) is 7.18. The molecule has 3 rings (SSSR count). The van der Waals surface area contributed by atoms with Crippen molar-refractivity contribution in [3.63, 3.8) is 0 Å². The number of benzene rings is 2. The van der Waals surface area contributed by atoms with Gasteiger partial charge in [0.25, 0.3) is 0 Å². The summed E-state index contributed by atoms with van der Waals surface area (Å²) in [5, 5.41) is 8.94. The highest BCUT2D eigenvalue weighted by molar-refractivity contribution is 5.64. The summed E-state index contributed by atoms with van der Waals surface area (Å²) >= 11 is 0. The lowest BCUT2D eigenvalue weighted by Crippen LogP contribution is -2.20. The lowest BCUT2D eigenvalue weighted by molar-refractivity contribution is 0.190. The van der Waals surface area contributed by atoms with E-state index < -0.39 is 0 Å². The maximum Gasteiger partial charge on any atom is 0.119 e.